The third kappa shape index (κ3) is 6.37. The molecule has 3 aromatic rings. The fourth-order valence-corrected chi connectivity index (χ4v) is 10.1. The number of methoxy groups -OCH3 is 1. The van der Waals surface area contributed by atoms with Crippen molar-refractivity contribution >= 4 is 30.4 Å². The molecule has 0 aliphatic rings. The quantitative estimate of drug-likeness (QED) is 0.291. The summed E-state index contributed by atoms with van der Waals surface area (Å²) in [5.41, 5.74) is 2.43. The Morgan fingerprint density at radius 2 is 1.03 bits per heavy atom. The van der Waals surface area contributed by atoms with E-state index in [-0.39, 0.29) is 15.7 Å². The van der Waals surface area contributed by atoms with Gasteiger partial charge in [0.1, 0.15) is 0 Å². The van der Waals surface area contributed by atoms with E-state index in [1.165, 1.54) is 23.3 Å². The predicted octanol–water partition coefficient (Wildman–Crippen LogP) is 7.16. The van der Waals surface area contributed by atoms with E-state index >= 15 is 0 Å². The zero-order chi connectivity index (χ0) is 24.4. The van der Waals surface area contributed by atoms with Gasteiger partial charge in [-0.25, -0.2) is 0 Å². The first-order chi connectivity index (χ1) is 15.3. The first kappa shape index (κ1) is 25.7. The SMILES string of the molecule is COc1ccc(S(=O)(=O)OI(c2ccc(C(C)(C)C)cc2)c2ccc(C(C)(C)C)cc2)cc1. The molecular formula is C27H33IO4S. The van der Waals surface area contributed by atoms with Gasteiger partial charge in [-0.3, -0.25) is 0 Å². The Morgan fingerprint density at radius 1 is 0.636 bits per heavy atom. The van der Waals surface area contributed by atoms with Crippen LogP contribution in [0.5, 0.6) is 5.75 Å². The van der Waals surface area contributed by atoms with Gasteiger partial charge >= 0.3 is 207 Å². The van der Waals surface area contributed by atoms with Gasteiger partial charge in [0.2, 0.25) is 0 Å². The van der Waals surface area contributed by atoms with E-state index < -0.39 is 30.4 Å². The number of rotatable bonds is 6. The van der Waals surface area contributed by atoms with Crippen molar-refractivity contribution in [1.82, 2.24) is 0 Å². The first-order valence-corrected chi connectivity index (χ1v) is 15.3. The molecule has 0 unspecified atom stereocenters. The van der Waals surface area contributed by atoms with Crippen LogP contribution < -0.4 is 4.74 Å². The van der Waals surface area contributed by atoms with Crippen molar-refractivity contribution in [2.45, 2.75) is 57.3 Å². The van der Waals surface area contributed by atoms with E-state index in [2.05, 4.69) is 65.8 Å². The average Bonchev–Trinajstić information content (AvgIpc) is 2.76. The summed E-state index contributed by atoms with van der Waals surface area (Å²) in [5.74, 6) is 0.597. The van der Waals surface area contributed by atoms with Crippen LogP contribution in [-0.2, 0) is 23.5 Å². The summed E-state index contributed by atoms with van der Waals surface area (Å²) in [6.07, 6.45) is 0. The average molecular weight is 581 g/mol. The van der Waals surface area contributed by atoms with Crippen molar-refractivity contribution in [3.05, 3.63) is 91.1 Å². The van der Waals surface area contributed by atoms with Gasteiger partial charge in [-0.1, -0.05) is 0 Å². The van der Waals surface area contributed by atoms with Crippen LogP contribution in [0.15, 0.2) is 77.7 Å². The minimum absolute atomic E-state index is 0.0158. The topological polar surface area (TPSA) is 52.6 Å². The molecule has 6 heteroatoms. The van der Waals surface area contributed by atoms with Crippen molar-refractivity contribution in [2.24, 2.45) is 0 Å². The van der Waals surface area contributed by atoms with E-state index in [0.29, 0.717) is 5.75 Å². The summed E-state index contributed by atoms with van der Waals surface area (Å²) in [6.45, 7) is 13.0. The molecule has 178 valence electrons. The van der Waals surface area contributed by atoms with Crippen LogP contribution in [0.3, 0.4) is 0 Å². The fourth-order valence-electron chi connectivity index (χ4n) is 3.19. The van der Waals surface area contributed by atoms with Gasteiger partial charge in [-0.15, -0.1) is 0 Å². The molecule has 33 heavy (non-hydrogen) atoms. The molecular weight excluding hydrogens is 547 g/mol. The van der Waals surface area contributed by atoms with Crippen molar-refractivity contribution in [3.8, 4) is 5.75 Å². The summed E-state index contributed by atoms with van der Waals surface area (Å²) in [6, 6.07) is 22.7. The van der Waals surface area contributed by atoms with Crippen LogP contribution in [0.25, 0.3) is 0 Å². The summed E-state index contributed by atoms with van der Waals surface area (Å²) < 4.78 is 39.5. The second kappa shape index (κ2) is 9.76. The number of ether oxygens (including phenoxy) is 1. The van der Waals surface area contributed by atoms with E-state index in [4.69, 9.17) is 7.25 Å². The minimum atomic E-state index is -3.94. The molecule has 0 bridgehead atoms. The van der Waals surface area contributed by atoms with Gasteiger partial charge in [0, 0.05) is 0 Å². The molecule has 0 saturated heterocycles. The second-order valence-electron chi connectivity index (χ2n) is 9.96. The fraction of sp³-hybridized carbons (Fsp3) is 0.333. The summed E-state index contributed by atoms with van der Waals surface area (Å²) in [4.78, 5) is 0.128. The van der Waals surface area contributed by atoms with Crippen LogP contribution >= 0.6 is 20.2 Å². The second-order valence-corrected chi connectivity index (χ2v) is 16.5. The molecule has 0 atom stereocenters. The van der Waals surface area contributed by atoms with Crippen LogP contribution in [0.1, 0.15) is 52.7 Å². The standard InChI is InChI=1S/C27H33IO4S/c1-26(2,3)20-8-12-22(13-9-20)28(23-14-10-21(11-15-23)27(4,5)6)32-33(29,30)25-18-16-24(31-7)17-19-25/h8-19H,1-7H3. The molecule has 0 amide bonds. The van der Waals surface area contributed by atoms with Crippen LogP contribution in [0.2, 0.25) is 0 Å². The maximum atomic E-state index is 13.2. The van der Waals surface area contributed by atoms with Gasteiger partial charge in [-0.05, 0) is 0 Å². The summed E-state index contributed by atoms with van der Waals surface area (Å²) in [5, 5.41) is 0. The molecule has 3 rings (SSSR count). The number of hydrogen-bond donors (Lipinski definition) is 0. The van der Waals surface area contributed by atoms with E-state index in [9.17, 15) is 8.42 Å². The Kier molecular flexibility index (Phi) is 7.61. The Labute approximate surface area is 206 Å². The van der Waals surface area contributed by atoms with E-state index in [1.54, 1.807) is 19.2 Å². The van der Waals surface area contributed by atoms with Gasteiger partial charge in [0.25, 0.3) is 0 Å². The van der Waals surface area contributed by atoms with Gasteiger partial charge in [0.15, 0.2) is 0 Å². The molecule has 4 nitrogen and oxygen atoms in total. The van der Waals surface area contributed by atoms with Gasteiger partial charge in [-0.2, -0.15) is 0 Å². The predicted molar refractivity (Wildman–Crippen MR) is 143 cm³/mol. The third-order valence-electron chi connectivity index (χ3n) is 5.31. The zero-order valence-corrected chi connectivity index (χ0v) is 23.3. The van der Waals surface area contributed by atoms with Crippen LogP contribution in [-0.4, -0.2) is 15.5 Å². The molecule has 0 aliphatic heterocycles. The number of benzene rings is 3. The van der Waals surface area contributed by atoms with Gasteiger partial charge < -0.3 is 0 Å². The molecule has 0 radical (unpaired) electrons. The molecule has 3 aromatic carbocycles. The van der Waals surface area contributed by atoms with E-state index in [1.807, 2.05) is 24.3 Å². The first-order valence-electron chi connectivity index (χ1n) is 10.8. The third-order valence-corrected chi connectivity index (χ3v) is 12.7. The Morgan fingerprint density at radius 3 is 1.36 bits per heavy atom. The monoisotopic (exact) mass is 580 g/mol. The van der Waals surface area contributed by atoms with E-state index in [0.717, 1.165) is 7.14 Å². The summed E-state index contributed by atoms with van der Waals surface area (Å²) >= 11 is -2.76. The van der Waals surface area contributed by atoms with Crippen molar-refractivity contribution in [2.75, 3.05) is 7.11 Å². The van der Waals surface area contributed by atoms with Crippen molar-refractivity contribution in [3.63, 3.8) is 0 Å². The molecule has 0 aromatic heterocycles. The van der Waals surface area contributed by atoms with Crippen LogP contribution in [0, 0.1) is 7.14 Å². The Balaban J connectivity index is 2.03. The number of hydrogen-bond acceptors (Lipinski definition) is 4. The molecule has 0 saturated carbocycles. The number of halogens is 1. The normalized spacial score (nSPS) is 13.0. The Bertz CT molecular complexity index is 1110. The molecule has 0 spiro atoms. The Hall–Kier alpha value is -1.90. The van der Waals surface area contributed by atoms with Gasteiger partial charge in [0.05, 0.1) is 0 Å². The molecule has 0 N–H and O–H groups in total. The maximum absolute atomic E-state index is 13.2. The molecule has 0 fully saturated rings. The van der Waals surface area contributed by atoms with Crippen molar-refractivity contribution < 1.29 is 15.7 Å². The molecule has 0 heterocycles. The zero-order valence-electron chi connectivity index (χ0n) is 20.3. The molecule has 0 aliphatic carbocycles. The van der Waals surface area contributed by atoms with Crippen molar-refractivity contribution in [1.29, 1.82) is 0 Å². The summed E-state index contributed by atoms with van der Waals surface area (Å²) in [7, 11) is -2.40. The van der Waals surface area contributed by atoms with Crippen LogP contribution in [0.4, 0.5) is 0 Å².